The molecule has 0 radical (unpaired) electrons. The van der Waals surface area contributed by atoms with Gasteiger partial charge >= 0.3 is 5.97 Å². The average molecular weight is 806 g/mol. The van der Waals surface area contributed by atoms with Crippen LogP contribution in [0.25, 0.3) is 0 Å². The van der Waals surface area contributed by atoms with Crippen LogP contribution in [0.4, 0.5) is 5.69 Å². The zero-order chi connectivity index (χ0) is 40.9. The highest BCUT2D eigenvalue weighted by Gasteiger charge is 2.45. The maximum Gasteiger partial charge on any atom is 0.305 e. The lowest BCUT2D eigenvalue weighted by Crippen LogP contribution is -2.54. The number of benzene rings is 1. The molecule has 1 aromatic rings. The number of unbranched alkanes of at least 4 members (excludes halogenated alkanes) is 8. The third kappa shape index (κ3) is 19.0. The Balaban J connectivity index is 1.04. The number of anilines is 1. The number of piperidine rings is 1. The second-order valence-corrected chi connectivity index (χ2v) is 13.8. The molecule has 2 heterocycles. The zero-order valence-electron chi connectivity index (χ0n) is 33.7. The molecule has 57 heavy (non-hydrogen) atoms. The summed E-state index contributed by atoms with van der Waals surface area (Å²) in [6, 6.07) is 3.53. The van der Waals surface area contributed by atoms with E-state index in [4.69, 9.17) is 33.2 Å². The highest BCUT2D eigenvalue weighted by atomic mass is 16.6. The van der Waals surface area contributed by atoms with Crippen LogP contribution in [0.1, 0.15) is 118 Å². The molecule has 1 aromatic carbocycles. The number of nitrogens with one attached hydrogen (secondary N) is 2. The van der Waals surface area contributed by atoms with Crippen LogP contribution < -0.4 is 10.6 Å². The van der Waals surface area contributed by atoms with Gasteiger partial charge in [0.2, 0.25) is 17.7 Å². The van der Waals surface area contributed by atoms with Crippen LogP contribution in [0.3, 0.4) is 0 Å². The predicted octanol–water partition coefficient (Wildman–Crippen LogP) is 4.37. The minimum atomic E-state index is -1.07. The minimum Gasteiger partial charge on any atom is -0.463 e. The van der Waals surface area contributed by atoms with Crippen molar-refractivity contribution in [3.8, 4) is 0 Å². The van der Waals surface area contributed by atoms with E-state index < -0.39 is 29.7 Å². The van der Waals surface area contributed by atoms with Gasteiger partial charge in [-0.05, 0) is 37.8 Å². The van der Waals surface area contributed by atoms with Gasteiger partial charge in [-0.15, -0.1) is 0 Å². The third-order valence-corrected chi connectivity index (χ3v) is 9.27. The van der Waals surface area contributed by atoms with Crippen LogP contribution >= 0.6 is 0 Å². The number of carbonyl (C=O) groups excluding carboxylic acids is 6. The van der Waals surface area contributed by atoms with Crippen LogP contribution in [-0.2, 0) is 52.3 Å². The Kier molecular flexibility index (Phi) is 24.6. The molecule has 1 atom stereocenters. The van der Waals surface area contributed by atoms with Gasteiger partial charge in [-0.3, -0.25) is 39.0 Å². The molecule has 1 fully saturated rings. The largest absolute Gasteiger partial charge is 0.463 e. The second kappa shape index (κ2) is 29.4. The molecule has 16 nitrogen and oxygen atoms in total. The number of hydrogen-bond acceptors (Lipinski definition) is 13. The molecule has 0 bridgehead atoms. The lowest BCUT2D eigenvalue weighted by Gasteiger charge is -2.27. The minimum absolute atomic E-state index is 0.0281. The van der Waals surface area contributed by atoms with Crippen molar-refractivity contribution in [1.82, 2.24) is 10.2 Å². The molecule has 2 aliphatic rings. The average Bonchev–Trinajstić information content (AvgIpc) is 3.45. The summed E-state index contributed by atoms with van der Waals surface area (Å²) in [5, 5.41) is 4.90. The summed E-state index contributed by atoms with van der Waals surface area (Å²) >= 11 is 0. The third-order valence-electron chi connectivity index (χ3n) is 9.27. The number of ether oxygens (including phenoxy) is 7. The fraction of sp³-hybridized carbons (Fsp3) is 0.707. The number of carbonyl (C=O) groups is 6. The van der Waals surface area contributed by atoms with Gasteiger partial charge in [0.1, 0.15) is 12.6 Å². The fourth-order valence-electron chi connectivity index (χ4n) is 6.21. The Morgan fingerprint density at radius 1 is 0.649 bits per heavy atom. The maximum atomic E-state index is 13.2. The van der Waals surface area contributed by atoms with Crippen molar-refractivity contribution >= 4 is 41.2 Å². The first kappa shape index (κ1) is 47.6. The van der Waals surface area contributed by atoms with Crippen LogP contribution in [0.2, 0.25) is 0 Å². The SMILES string of the molecule is CCCCCCCCCC(=O)OCCOCCOCCOCCOCCOCCOCCCCCC(=O)Nc1cccc2c1C(=O)N(C1CCC(=O)NC1=O)C2=O. The normalized spacial score (nSPS) is 15.2. The number of imide groups is 2. The molecular weight excluding hydrogens is 742 g/mol. The Morgan fingerprint density at radius 3 is 1.77 bits per heavy atom. The standard InChI is InChI=1S/C41H63N3O13/c1-2-3-4-5-6-7-10-16-37(47)57-31-30-56-29-28-55-27-26-54-25-24-53-23-22-52-21-20-51-19-11-8-9-15-35(45)42-33-14-12-13-32-38(33)41(50)44(40(32)49)34-17-18-36(46)43-39(34)48/h12-14,34H,2-11,15-31H2,1H3,(H,42,45)(H,43,46,48). The zero-order valence-corrected chi connectivity index (χ0v) is 33.7. The van der Waals surface area contributed by atoms with Crippen molar-refractivity contribution < 1.29 is 61.9 Å². The Morgan fingerprint density at radius 2 is 1.18 bits per heavy atom. The van der Waals surface area contributed by atoms with Gasteiger partial charge in [0.25, 0.3) is 11.8 Å². The molecule has 2 N–H and O–H groups in total. The first-order valence-electron chi connectivity index (χ1n) is 20.6. The number of esters is 1. The Labute approximate surface area is 336 Å². The predicted molar refractivity (Wildman–Crippen MR) is 209 cm³/mol. The van der Waals surface area contributed by atoms with E-state index in [0.717, 1.165) is 30.6 Å². The molecule has 2 aliphatic heterocycles. The van der Waals surface area contributed by atoms with Crippen LogP contribution in [0.15, 0.2) is 18.2 Å². The second-order valence-electron chi connectivity index (χ2n) is 13.8. The first-order chi connectivity index (χ1) is 27.8. The topological polar surface area (TPSA) is 194 Å². The highest BCUT2D eigenvalue weighted by molar-refractivity contribution is 6.26. The van der Waals surface area contributed by atoms with Gasteiger partial charge < -0.3 is 38.5 Å². The van der Waals surface area contributed by atoms with Gasteiger partial charge in [0, 0.05) is 25.9 Å². The number of fused-ring (bicyclic) bond motifs is 1. The quantitative estimate of drug-likeness (QED) is 0.0567. The number of hydrogen-bond donors (Lipinski definition) is 2. The number of rotatable bonds is 34. The van der Waals surface area contributed by atoms with E-state index in [1.54, 1.807) is 12.1 Å². The van der Waals surface area contributed by atoms with E-state index in [9.17, 15) is 28.8 Å². The summed E-state index contributed by atoms with van der Waals surface area (Å²) in [5.41, 5.74) is 0.381. The summed E-state index contributed by atoms with van der Waals surface area (Å²) in [5.74, 6) is -2.88. The highest BCUT2D eigenvalue weighted by Crippen LogP contribution is 2.32. The monoisotopic (exact) mass is 805 g/mol. The van der Waals surface area contributed by atoms with E-state index in [2.05, 4.69) is 17.6 Å². The molecule has 320 valence electrons. The summed E-state index contributed by atoms with van der Waals surface area (Å²) < 4.78 is 38.2. The molecule has 16 heteroatoms. The van der Waals surface area contributed by atoms with Crippen LogP contribution in [-0.4, -0.2) is 132 Å². The molecule has 0 aromatic heterocycles. The van der Waals surface area contributed by atoms with Crippen molar-refractivity contribution in [1.29, 1.82) is 0 Å². The summed E-state index contributed by atoms with van der Waals surface area (Å²) in [6.45, 7) is 7.82. The molecular formula is C41H63N3O13. The van der Waals surface area contributed by atoms with Crippen LogP contribution in [0, 0.1) is 0 Å². The molecule has 5 amide bonds. The van der Waals surface area contributed by atoms with E-state index in [0.29, 0.717) is 92.1 Å². The smallest absolute Gasteiger partial charge is 0.305 e. The summed E-state index contributed by atoms with van der Waals surface area (Å²) in [4.78, 5) is 75.3. The lowest BCUT2D eigenvalue weighted by molar-refractivity contribution is -0.145. The molecule has 1 saturated heterocycles. The van der Waals surface area contributed by atoms with Gasteiger partial charge in [-0.1, -0.05) is 57.9 Å². The molecule has 3 rings (SSSR count). The molecule has 1 unspecified atom stereocenters. The fourth-order valence-corrected chi connectivity index (χ4v) is 6.21. The van der Waals surface area contributed by atoms with Gasteiger partial charge in [-0.2, -0.15) is 0 Å². The molecule has 0 saturated carbocycles. The summed E-state index contributed by atoms with van der Waals surface area (Å²) in [6.07, 6.45) is 11.1. The van der Waals surface area contributed by atoms with E-state index in [1.165, 1.54) is 38.2 Å². The number of amides is 5. The van der Waals surface area contributed by atoms with Crippen molar-refractivity contribution in [3.63, 3.8) is 0 Å². The van der Waals surface area contributed by atoms with Crippen molar-refractivity contribution in [3.05, 3.63) is 29.3 Å². The maximum absolute atomic E-state index is 13.2. The van der Waals surface area contributed by atoms with E-state index in [1.807, 2.05) is 0 Å². The molecule has 0 spiro atoms. The van der Waals surface area contributed by atoms with Gasteiger partial charge in [-0.25, -0.2) is 0 Å². The Bertz CT molecular complexity index is 1390. The van der Waals surface area contributed by atoms with Gasteiger partial charge in [0.15, 0.2) is 0 Å². The Hall–Kier alpha value is -3.80. The van der Waals surface area contributed by atoms with Crippen molar-refractivity contribution in [2.45, 2.75) is 103 Å². The van der Waals surface area contributed by atoms with Crippen molar-refractivity contribution in [2.24, 2.45) is 0 Å². The van der Waals surface area contributed by atoms with Crippen molar-refractivity contribution in [2.75, 3.05) is 91.2 Å². The first-order valence-corrected chi connectivity index (χ1v) is 20.6. The van der Waals surface area contributed by atoms with E-state index >= 15 is 0 Å². The van der Waals surface area contributed by atoms with E-state index in [-0.39, 0.29) is 54.6 Å². The van der Waals surface area contributed by atoms with Gasteiger partial charge in [0.05, 0.1) is 89.5 Å². The van der Waals surface area contributed by atoms with Crippen LogP contribution in [0.5, 0.6) is 0 Å². The lowest BCUT2D eigenvalue weighted by atomic mass is 10.0. The number of nitrogens with zero attached hydrogens (tertiary/aromatic N) is 1. The molecule has 0 aliphatic carbocycles. The summed E-state index contributed by atoms with van der Waals surface area (Å²) in [7, 11) is 0.